The lowest BCUT2D eigenvalue weighted by Gasteiger charge is -2.21. The Balaban J connectivity index is 1.98. The summed E-state index contributed by atoms with van der Waals surface area (Å²) in [5, 5.41) is 0. The van der Waals surface area contributed by atoms with Gasteiger partial charge in [-0.15, -0.1) is 0 Å². The van der Waals surface area contributed by atoms with Crippen LogP contribution in [0.25, 0.3) is 0 Å². The average Bonchev–Trinajstić information content (AvgIpc) is 2.64. The standard InChI is InChI=1S/C22H24N2O2/c1-13-14(2)22(26-20-11-7-18(24)8-12-20)16(4)15(3)21(13)25-19-9-5-17(23)6-10-19/h5-12H,23-24H2,1-4H3. The molecule has 0 heterocycles. The summed E-state index contributed by atoms with van der Waals surface area (Å²) in [5.41, 5.74) is 17.1. The second-order valence-electron chi connectivity index (χ2n) is 6.50. The molecular weight excluding hydrogens is 324 g/mol. The third-order valence-corrected chi connectivity index (χ3v) is 4.69. The van der Waals surface area contributed by atoms with Gasteiger partial charge in [0.2, 0.25) is 0 Å². The van der Waals surface area contributed by atoms with Gasteiger partial charge in [-0.3, -0.25) is 0 Å². The smallest absolute Gasteiger partial charge is 0.134 e. The summed E-state index contributed by atoms with van der Waals surface area (Å²) in [6, 6.07) is 14.8. The van der Waals surface area contributed by atoms with Gasteiger partial charge in [-0.25, -0.2) is 0 Å². The Morgan fingerprint density at radius 3 is 1.04 bits per heavy atom. The van der Waals surface area contributed by atoms with Crippen LogP contribution in [0.2, 0.25) is 0 Å². The van der Waals surface area contributed by atoms with Crippen molar-refractivity contribution < 1.29 is 9.47 Å². The summed E-state index contributed by atoms with van der Waals surface area (Å²) < 4.78 is 12.3. The lowest BCUT2D eigenvalue weighted by molar-refractivity contribution is 0.456. The van der Waals surface area contributed by atoms with Gasteiger partial charge in [-0.1, -0.05) is 0 Å². The van der Waals surface area contributed by atoms with Crippen molar-refractivity contribution in [1.82, 2.24) is 0 Å². The molecule has 134 valence electrons. The van der Waals surface area contributed by atoms with Crippen molar-refractivity contribution in [3.8, 4) is 23.0 Å². The van der Waals surface area contributed by atoms with Gasteiger partial charge in [0.1, 0.15) is 23.0 Å². The molecule has 0 saturated carbocycles. The first-order valence-corrected chi connectivity index (χ1v) is 8.54. The van der Waals surface area contributed by atoms with Gasteiger partial charge in [0.15, 0.2) is 0 Å². The molecule has 3 aromatic rings. The summed E-state index contributed by atoms with van der Waals surface area (Å²) in [4.78, 5) is 0. The minimum atomic E-state index is 0.713. The molecule has 0 amide bonds. The van der Waals surface area contributed by atoms with Crippen molar-refractivity contribution in [2.24, 2.45) is 0 Å². The molecule has 3 rings (SSSR count). The van der Waals surface area contributed by atoms with Crippen LogP contribution in [0.3, 0.4) is 0 Å². The van der Waals surface area contributed by atoms with Crippen LogP contribution < -0.4 is 20.9 Å². The summed E-state index contributed by atoms with van der Waals surface area (Å²) >= 11 is 0. The zero-order valence-corrected chi connectivity index (χ0v) is 15.6. The van der Waals surface area contributed by atoms with Crippen molar-refractivity contribution in [2.75, 3.05) is 11.5 Å². The molecule has 4 N–H and O–H groups in total. The molecule has 26 heavy (non-hydrogen) atoms. The molecule has 4 heteroatoms. The average molecular weight is 348 g/mol. The Hall–Kier alpha value is -3.14. The highest BCUT2D eigenvalue weighted by molar-refractivity contribution is 5.59. The first kappa shape index (κ1) is 17.7. The number of hydrogen-bond donors (Lipinski definition) is 2. The normalized spacial score (nSPS) is 10.6. The van der Waals surface area contributed by atoms with Gasteiger partial charge >= 0.3 is 0 Å². The molecule has 0 radical (unpaired) electrons. The van der Waals surface area contributed by atoms with Crippen LogP contribution in [0.1, 0.15) is 22.3 Å². The van der Waals surface area contributed by atoms with E-state index < -0.39 is 0 Å². The molecule has 0 atom stereocenters. The highest BCUT2D eigenvalue weighted by Gasteiger charge is 2.18. The van der Waals surface area contributed by atoms with E-state index in [9.17, 15) is 0 Å². The van der Waals surface area contributed by atoms with Gasteiger partial charge < -0.3 is 20.9 Å². The second-order valence-corrected chi connectivity index (χ2v) is 6.50. The zero-order chi connectivity index (χ0) is 18.8. The lowest BCUT2D eigenvalue weighted by atomic mass is 9.98. The van der Waals surface area contributed by atoms with Crippen LogP contribution in [-0.2, 0) is 0 Å². The third kappa shape index (κ3) is 3.45. The summed E-state index contributed by atoms with van der Waals surface area (Å²) in [6.07, 6.45) is 0. The van der Waals surface area contributed by atoms with Crippen molar-refractivity contribution in [3.63, 3.8) is 0 Å². The molecule has 0 unspecified atom stereocenters. The summed E-state index contributed by atoms with van der Waals surface area (Å²) in [5.74, 6) is 3.23. The largest absolute Gasteiger partial charge is 0.457 e. The van der Waals surface area contributed by atoms with E-state index in [1.54, 1.807) is 0 Å². The Morgan fingerprint density at radius 1 is 0.500 bits per heavy atom. The van der Waals surface area contributed by atoms with Crippen LogP contribution in [0.4, 0.5) is 11.4 Å². The SMILES string of the molecule is Cc1c(C)c(Oc2ccc(N)cc2)c(C)c(C)c1Oc1ccc(N)cc1. The number of nitrogen functional groups attached to an aromatic ring is 2. The molecule has 0 spiro atoms. The predicted octanol–water partition coefficient (Wildman–Crippen LogP) is 5.67. The first-order valence-electron chi connectivity index (χ1n) is 8.54. The van der Waals surface area contributed by atoms with Crippen molar-refractivity contribution in [1.29, 1.82) is 0 Å². The van der Waals surface area contributed by atoms with Crippen molar-refractivity contribution in [3.05, 3.63) is 70.8 Å². The van der Waals surface area contributed by atoms with E-state index >= 15 is 0 Å². The van der Waals surface area contributed by atoms with Crippen molar-refractivity contribution >= 4 is 11.4 Å². The van der Waals surface area contributed by atoms with Gasteiger partial charge in [0.05, 0.1) is 0 Å². The van der Waals surface area contributed by atoms with Gasteiger partial charge in [-0.2, -0.15) is 0 Å². The van der Waals surface area contributed by atoms with E-state index in [1.807, 2.05) is 76.2 Å². The second kappa shape index (κ2) is 7.00. The van der Waals surface area contributed by atoms with E-state index in [1.165, 1.54) is 0 Å². The number of hydrogen-bond acceptors (Lipinski definition) is 4. The molecular formula is C22H24N2O2. The van der Waals surface area contributed by atoms with Crippen LogP contribution in [0.15, 0.2) is 48.5 Å². The van der Waals surface area contributed by atoms with E-state index in [0.29, 0.717) is 11.4 Å². The molecule has 0 aliphatic heterocycles. The highest BCUT2D eigenvalue weighted by Crippen LogP contribution is 2.41. The molecule has 0 bridgehead atoms. The Kier molecular flexibility index (Phi) is 4.76. The molecule has 0 fully saturated rings. The topological polar surface area (TPSA) is 70.5 Å². The fraction of sp³-hybridized carbons (Fsp3) is 0.182. The maximum absolute atomic E-state index is 6.15. The molecule has 3 aromatic carbocycles. The Labute approximate surface area is 154 Å². The van der Waals surface area contributed by atoms with E-state index in [2.05, 4.69) is 0 Å². The fourth-order valence-electron chi connectivity index (χ4n) is 2.86. The number of benzene rings is 3. The van der Waals surface area contributed by atoms with Crippen LogP contribution in [0, 0.1) is 27.7 Å². The van der Waals surface area contributed by atoms with E-state index in [0.717, 1.165) is 45.3 Å². The summed E-state index contributed by atoms with van der Waals surface area (Å²) in [7, 11) is 0. The predicted molar refractivity (Wildman–Crippen MR) is 107 cm³/mol. The van der Waals surface area contributed by atoms with Crippen LogP contribution in [0.5, 0.6) is 23.0 Å². The molecule has 0 aromatic heterocycles. The number of anilines is 2. The van der Waals surface area contributed by atoms with Crippen LogP contribution >= 0.6 is 0 Å². The first-order chi connectivity index (χ1) is 12.4. The molecule has 4 nitrogen and oxygen atoms in total. The molecule has 0 saturated heterocycles. The number of ether oxygens (including phenoxy) is 2. The molecule has 0 aliphatic carbocycles. The highest BCUT2D eigenvalue weighted by atomic mass is 16.5. The van der Waals surface area contributed by atoms with E-state index in [-0.39, 0.29) is 0 Å². The molecule has 0 aliphatic rings. The lowest BCUT2D eigenvalue weighted by Crippen LogP contribution is -2.01. The number of nitrogens with two attached hydrogens (primary N) is 2. The Bertz CT molecular complexity index is 822. The monoisotopic (exact) mass is 348 g/mol. The maximum atomic E-state index is 6.15. The summed E-state index contributed by atoms with van der Waals surface area (Å²) in [6.45, 7) is 8.18. The van der Waals surface area contributed by atoms with Gasteiger partial charge in [0, 0.05) is 11.4 Å². The quantitative estimate of drug-likeness (QED) is 0.596. The third-order valence-electron chi connectivity index (χ3n) is 4.69. The van der Waals surface area contributed by atoms with Crippen molar-refractivity contribution in [2.45, 2.75) is 27.7 Å². The van der Waals surface area contributed by atoms with Crippen LogP contribution in [-0.4, -0.2) is 0 Å². The minimum absolute atomic E-state index is 0.713. The maximum Gasteiger partial charge on any atom is 0.134 e. The van der Waals surface area contributed by atoms with E-state index in [4.69, 9.17) is 20.9 Å². The Morgan fingerprint density at radius 2 is 0.769 bits per heavy atom. The zero-order valence-electron chi connectivity index (χ0n) is 15.6. The minimum Gasteiger partial charge on any atom is -0.457 e. The fourth-order valence-corrected chi connectivity index (χ4v) is 2.86. The van der Waals surface area contributed by atoms with Gasteiger partial charge in [0.25, 0.3) is 0 Å². The number of rotatable bonds is 4. The van der Waals surface area contributed by atoms with Gasteiger partial charge in [-0.05, 0) is 98.5 Å².